The highest BCUT2D eigenvalue weighted by Crippen LogP contribution is 2.69. The minimum Gasteiger partial charge on any atom is -0.389 e. The van der Waals surface area contributed by atoms with Gasteiger partial charge in [-0.05, 0) is 94.8 Å². The Morgan fingerprint density at radius 3 is 2.50 bits per heavy atom. The molecule has 0 unspecified atom stereocenters. The van der Waals surface area contributed by atoms with Gasteiger partial charge in [-0.3, -0.25) is 4.79 Å². The monoisotopic (exact) mass is 477 g/mol. The summed E-state index contributed by atoms with van der Waals surface area (Å²) in [4.78, 5) is 12.4. The molecule has 1 saturated heterocycles. The first-order valence-corrected chi connectivity index (χ1v) is 13.9. The van der Waals surface area contributed by atoms with Gasteiger partial charge in [0.1, 0.15) is 5.78 Å². The average Bonchev–Trinajstić information content (AvgIpc) is 3.07. The third-order valence-electron chi connectivity index (χ3n) is 11.7. The highest BCUT2D eigenvalue weighted by molar-refractivity contribution is 5.80. The molecule has 0 radical (unpaired) electrons. The first-order chi connectivity index (χ1) is 16.0. The molecule has 5 aliphatic rings. The van der Waals surface area contributed by atoms with Crippen LogP contribution in [-0.2, 0) is 19.0 Å². The van der Waals surface area contributed by atoms with Gasteiger partial charge in [0.2, 0.25) is 0 Å². The number of methoxy groups -OCH3 is 1. The second-order valence-corrected chi connectivity index (χ2v) is 13.0. The minimum absolute atomic E-state index is 0.0232. The Morgan fingerprint density at radius 2 is 1.79 bits per heavy atom. The van der Waals surface area contributed by atoms with E-state index in [9.17, 15) is 9.90 Å². The molecular weight excluding hydrogens is 430 g/mol. The summed E-state index contributed by atoms with van der Waals surface area (Å²) in [7, 11) is 1.72. The van der Waals surface area contributed by atoms with Crippen LogP contribution in [0, 0.1) is 34.5 Å². The van der Waals surface area contributed by atoms with Crippen molar-refractivity contribution in [3.63, 3.8) is 0 Å². The number of hydrogen-bond donors (Lipinski definition) is 2. The molecule has 34 heavy (non-hydrogen) atoms. The molecule has 5 fully saturated rings. The third-order valence-corrected chi connectivity index (χ3v) is 11.7. The van der Waals surface area contributed by atoms with Gasteiger partial charge in [-0.25, -0.2) is 0 Å². The second-order valence-electron chi connectivity index (χ2n) is 13.0. The molecule has 4 saturated carbocycles. The average molecular weight is 478 g/mol. The molecule has 1 aliphatic heterocycles. The Bertz CT molecular complexity index is 791. The number of fused-ring (bicyclic) bond motifs is 5. The van der Waals surface area contributed by atoms with Gasteiger partial charge in [-0.2, -0.15) is 0 Å². The van der Waals surface area contributed by atoms with Gasteiger partial charge in [0, 0.05) is 24.9 Å². The Kier molecular flexibility index (Phi) is 6.50. The molecular formula is C28H47NO5. The Balaban J connectivity index is 1.27. The van der Waals surface area contributed by atoms with E-state index in [1.807, 2.05) is 6.92 Å². The number of ketones is 1. The summed E-state index contributed by atoms with van der Waals surface area (Å²) >= 11 is 0. The maximum Gasteiger partial charge on any atom is 0.160 e. The fraction of sp³-hybridized carbons (Fsp3) is 0.964. The molecule has 5 rings (SSSR count). The molecule has 0 aromatic rings. The Labute approximate surface area is 205 Å². The van der Waals surface area contributed by atoms with Gasteiger partial charge in [0.05, 0.1) is 30.0 Å². The number of hydrogen-bond acceptors (Lipinski definition) is 6. The molecule has 0 spiro atoms. The molecule has 0 aromatic heterocycles. The molecule has 4 aliphatic carbocycles. The highest BCUT2D eigenvalue weighted by atomic mass is 16.7. The molecule has 1 heterocycles. The summed E-state index contributed by atoms with van der Waals surface area (Å²) < 4.78 is 18.2. The maximum absolute atomic E-state index is 12.4. The third kappa shape index (κ3) is 3.65. The predicted molar refractivity (Wildman–Crippen MR) is 130 cm³/mol. The fourth-order valence-corrected chi connectivity index (χ4v) is 9.55. The van der Waals surface area contributed by atoms with Crippen LogP contribution in [0.15, 0.2) is 0 Å². The van der Waals surface area contributed by atoms with Gasteiger partial charge in [0.15, 0.2) is 6.29 Å². The van der Waals surface area contributed by atoms with Crippen molar-refractivity contribution in [2.75, 3.05) is 7.11 Å². The molecule has 0 aromatic carbocycles. The first-order valence-electron chi connectivity index (χ1n) is 13.9. The number of Topliss-reactive ketones (excluding diaryl/α,β-unsaturated/α-hetero) is 1. The van der Waals surface area contributed by atoms with E-state index in [0.29, 0.717) is 24.2 Å². The predicted octanol–water partition coefficient (Wildman–Crippen LogP) is 4.21. The lowest BCUT2D eigenvalue weighted by Crippen LogP contribution is -2.62. The Morgan fingerprint density at radius 1 is 1.03 bits per heavy atom. The lowest BCUT2D eigenvalue weighted by molar-refractivity contribution is -0.255. The second kappa shape index (κ2) is 8.79. The van der Waals surface area contributed by atoms with Gasteiger partial charge in [0.25, 0.3) is 0 Å². The van der Waals surface area contributed by atoms with E-state index in [4.69, 9.17) is 19.9 Å². The van der Waals surface area contributed by atoms with E-state index >= 15 is 0 Å². The standard InChI is InChI=1S/C28H47NO5/c1-16(30)20-10-13-28(31)22-7-6-18-14-19(34-24-15-23(32-5)25(29)17(2)33-24)8-11-26(18,3)21(22)9-12-27(20,28)4/h17-25,31H,6-15,29H2,1-5H3/t17-,18-,19-,20-,21-,22+,23-,24+,25-,26-,27+,28-/m0/s1. The number of nitrogens with two attached hydrogens (primary N) is 1. The number of carbonyl (C=O) groups is 1. The SMILES string of the molecule is CO[C@H]1C[C@@H](O[C@H]2CC[C@@]3(C)[C@@H](CC[C@@H]4[C@@H]3CC[C@]3(C)[C@H](C(C)=O)CC[C@]43O)C2)O[C@@H](C)[C@@H]1N. The lowest BCUT2D eigenvalue weighted by atomic mass is 9.43. The largest absolute Gasteiger partial charge is 0.389 e. The normalized spacial score (nSPS) is 55.2. The van der Waals surface area contributed by atoms with Gasteiger partial charge >= 0.3 is 0 Å². The van der Waals surface area contributed by atoms with Crippen molar-refractivity contribution in [1.29, 1.82) is 0 Å². The van der Waals surface area contributed by atoms with Crippen molar-refractivity contribution < 1.29 is 24.1 Å². The molecule has 12 atom stereocenters. The van der Waals surface area contributed by atoms with E-state index in [1.165, 1.54) is 0 Å². The molecule has 6 heteroatoms. The molecule has 3 N–H and O–H groups in total. The minimum atomic E-state index is -0.687. The highest BCUT2D eigenvalue weighted by Gasteiger charge is 2.67. The van der Waals surface area contributed by atoms with E-state index < -0.39 is 5.60 Å². The molecule has 6 nitrogen and oxygen atoms in total. The molecule has 0 bridgehead atoms. The van der Waals surface area contributed by atoms with Crippen molar-refractivity contribution in [2.24, 2.45) is 40.2 Å². The van der Waals surface area contributed by atoms with Crippen LogP contribution >= 0.6 is 0 Å². The number of rotatable bonds is 4. The zero-order valence-electron chi connectivity index (χ0n) is 21.9. The van der Waals surface area contributed by atoms with Gasteiger partial charge in [-0.15, -0.1) is 0 Å². The van der Waals surface area contributed by atoms with Gasteiger partial charge in [-0.1, -0.05) is 13.8 Å². The van der Waals surface area contributed by atoms with Crippen LogP contribution in [0.5, 0.6) is 0 Å². The zero-order valence-corrected chi connectivity index (χ0v) is 21.9. The van der Waals surface area contributed by atoms with E-state index in [1.54, 1.807) is 14.0 Å². The van der Waals surface area contributed by atoms with Crippen molar-refractivity contribution >= 4 is 5.78 Å². The first kappa shape index (κ1) is 25.1. The summed E-state index contributed by atoms with van der Waals surface area (Å²) in [5.41, 5.74) is 5.54. The van der Waals surface area contributed by atoms with Crippen molar-refractivity contribution in [2.45, 2.75) is 128 Å². The number of aliphatic hydroxyl groups is 1. The molecule has 0 amide bonds. The van der Waals surface area contributed by atoms with Crippen molar-refractivity contribution in [3.8, 4) is 0 Å². The van der Waals surface area contributed by atoms with Crippen LogP contribution < -0.4 is 5.73 Å². The summed E-state index contributed by atoms with van der Waals surface area (Å²) in [6.07, 6.45) is 9.80. The van der Waals surface area contributed by atoms with Crippen LogP contribution in [0.4, 0.5) is 0 Å². The van der Waals surface area contributed by atoms with Crippen LogP contribution in [0.2, 0.25) is 0 Å². The van der Waals surface area contributed by atoms with Crippen LogP contribution in [0.25, 0.3) is 0 Å². The van der Waals surface area contributed by atoms with Crippen LogP contribution in [0.1, 0.15) is 91.9 Å². The summed E-state index contributed by atoms with van der Waals surface area (Å²) in [6, 6.07) is -0.115. The van der Waals surface area contributed by atoms with Crippen LogP contribution in [-0.4, -0.2) is 54.2 Å². The van der Waals surface area contributed by atoms with Crippen LogP contribution in [0.3, 0.4) is 0 Å². The molecule has 194 valence electrons. The quantitative estimate of drug-likeness (QED) is 0.590. The topological polar surface area (TPSA) is 91.0 Å². The van der Waals surface area contributed by atoms with Crippen molar-refractivity contribution in [1.82, 2.24) is 0 Å². The van der Waals surface area contributed by atoms with Gasteiger partial charge < -0.3 is 25.1 Å². The smallest absolute Gasteiger partial charge is 0.160 e. The van der Waals surface area contributed by atoms with E-state index in [2.05, 4.69) is 13.8 Å². The summed E-state index contributed by atoms with van der Waals surface area (Å²) in [5.74, 6) is 1.77. The maximum atomic E-state index is 12.4. The summed E-state index contributed by atoms with van der Waals surface area (Å²) in [6.45, 7) is 8.44. The van der Waals surface area contributed by atoms with E-state index in [-0.39, 0.29) is 53.2 Å². The number of ether oxygens (including phenoxy) is 3. The van der Waals surface area contributed by atoms with E-state index in [0.717, 1.165) is 57.8 Å². The zero-order chi connectivity index (χ0) is 24.5. The summed E-state index contributed by atoms with van der Waals surface area (Å²) in [5, 5.41) is 12.1. The fourth-order valence-electron chi connectivity index (χ4n) is 9.55. The Hall–Kier alpha value is -0.530. The lowest BCUT2D eigenvalue weighted by Gasteiger charge is -2.63. The van der Waals surface area contributed by atoms with Crippen molar-refractivity contribution in [3.05, 3.63) is 0 Å². The number of carbonyl (C=O) groups excluding carboxylic acids is 1.